The van der Waals surface area contributed by atoms with Gasteiger partial charge in [0.2, 0.25) is 0 Å². The summed E-state index contributed by atoms with van der Waals surface area (Å²) < 4.78 is 5.67. The highest BCUT2D eigenvalue weighted by Gasteiger charge is 2.15. The Morgan fingerprint density at radius 1 is 1.08 bits per heavy atom. The minimum atomic E-state index is -0.111. The number of nitrogens with one attached hydrogen (secondary N) is 1. The largest absolute Gasteiger partial charge is 0.483 e. The zero-order chi connectivity index (χ0) is 18.4. The Labute approximate surface area is 150 Å². The van der Waals surface area contributed by atoms with E-state index in [1.54, 1.807) is 0 Å². The molecule has 0 unspecified atom stereocenters. The second-order valence-corrected chi connectivity index (χ2v) is 6.68. The lowest BCUT2D eigenvalue weighted by molar-refractivity contribution is -0.123. The van der Waals surface area contributed by atoms with E-state index in [0.717, 1.165) is 16.9 Å². The van der Waals surface area contributed by atoms with Crippen LogP contribution in [-0.4, -0.2) is 38.1 Å². The fraction of sp³-hybridized carbons (Fsp3) is 0.381. The van der Waals surface area contributed by atoms with E-state index >= 15 is 0 Å². The Morgan fingerprint density at radius 2 is 1.76 bits per heavy atom. The van der Waals surface area contributed by atoms with Crippen LogP contribution in [0.4, 0.5) is 0 Å². The molecule has 1 N–H and O–H groups in total. The zero-order valence-corrected chi connectivity index (χ0v) is 15.8. The van der Waals surface area contributed by atoms with E-state index in [2.05, 4.69) is 41.4 Å². The molecule has 1 atom stereocenters. The van der Waals surface area contributed by atoms with Crippen molar-refractivity contribution >= 4 is 5.91 Å². The summed E-state index contributed by atoms with van der Waals surface area (Å²) in [5, 5.41) is 2.98. The number of carbonyl (C=O) groups excluding carboxylic acids is 1. The first-order valence-electron chi connectivity index (χ1n) is 8.57. The van der Waals surface area contributed by atoms with E-state index in [4.69, 9.17) is 4.74 Å². The van der Waals surface area contributed by atoms with Crippen molar-refractivity contribution in [2.45, 2.75) is 26.8 Å². The summed E-state index contributed by atoms with van der Waals surface area (Å²) in [6.45, 7) is 6.68. The van der Waals surface area contributed by atoms with Gasteiger partial charge in [0.15, 0.2) is 6.61 Å². The van der Waals surface area contributed by atoms with Gasteiger partial charge in [-0.05, 0) is 57.6 Å². The quantitative estimate of drug-likeness (QED) is 0.840. The maximum Gasteiger partial charge on any atom is 0.258 e. The molecule has 0 radical (unpaired) electrons. The van der Waals surface area contributed by atoms with Crippen LogP contribution in [0.3, 0.4) is 0 Å². The van der Waals surface area contributed by atoms with Crippen molar-refractivity contribution in [1.82, 2.24) is 10.2 Å². The van der Waals surface area contributed by atoms with Crippen molar-refractivity contribution in [3.8, 4) is 5.75 Å². The number of carbonyl (C=O) groups is 1. The molecular weight excluding hydrogens is 312 g/mol. The van der Waals surface area contributed by atoms with Gasteiger partial charge in [-0.1, -0.05) is 42.0 Å². The van der Waals surface area contributed by atoms with Crippen LogP contribution in [0, 0.1) is 20.8 Å². The molecule has 2 aromatic rings. The lowest BCUT2D eigenvalue weighted by atomic mass is 10.0. The van der Waals surface area contributed by atoms with E-state index in [-0.39, 0.29) is 18.6 Å². The van der Waals surface area contributed by atoms with Crippen LogP contribution in [0.1, 0.15) is 28.3 Å². The van der Waals surface area contributed by atoms with Crippen LogP contribution in [0.2, 0.25) is 0 Å². The summed E-state index contributed by atoms with van der Waals surface area (Å²) in [4.78, 5) is 14.3. The van der Waals surface area contributed by atoms with Gasteiger partial charge in [-0.2, -0.15) is 0 Å². The summed E-state index contributed by atoms with van der Waals surface area (Å²) in [5.74, 6) is 0.651. The van der Waals surface area contributed by atoms with Crippen molar-refractivity contribution in [2.75, 3.05) is 27.2 Å². The number of hydrogen-bond donors (Lipinski definition) is 1. The monoisotopic (exact) mass is 340 g/mol. The number of ether oxygens (including phenoxy) is 1. The molecule has 0 aromatic heterocycles. The number of likely N-dealkylation sites (N-methyl/N-ethyl adjacent to an activating group) is 1. The first kappa shape index (κ1) is 19.0. The summed E-state index contributed by atoms with van der Waals surface area (Å²) in [6, 6.07) is 14.4. The van der Waals surface area contributed by atoms with Crippen molar-refractivity contribution < 1.29 is 9.53 Å². The summed E-state index contributed by atoms with van der Waals surface area (Å²) in [7, 11) is 4.03. The average Bonchev–Trinajstić information content (AvgIpc) is 2.57. The lowest BCUT2D eigenvalue weighted by Gasteiger charge is -2.25. The van der Waals surface area contributed by atoms with Gasteiger partial charge in [0, 0.05) is 6.54 Å². The highest BCUT2D eigenvalue weighted by molar-refractivity contribution is 5.77. The van der Waals surface area contributed by atoms with Gasteiger partial charge < -0.3 is 15.0 Å². The topological polar surface area (TPSA) is 41.6 Å². The van der Waals surface area contributed by atoms with E-state index in [1.165, 1.54) is 11.1 Å². The van der Waals surface area contributed by atoms with E-state index in [1.807, 2.05) is 46.1 Å². The van der Waals surface area contributed by atoms with Crippen LogP contribution in [0.25, 0.3) is 0 Å². The molecule has 134 valence electrons. The Hall–Kier alpha value is -2.33. The lowest BCUT2D eigenvalue weighted by Crippen LogP contribution is -2.36. The molecule has 0 saturated carbocycles. The molecule has 0 aliphatic heterocycles. The van der Waals surface area contributed by atoms with Crippen LogP contribution in [0.5, 0.6) is 5.75 Å². The van der Waals surface area contributed by atoms with Crippen LogP contribution in [-0.2, 0) is 4.79 Å². The number of benzene rings is 2. The standard InChI is InChI=1S/C21H28N2O2/c1-15-9-11-18(12-10-15)19(23(4)5)13-22-21(24)14-25-20-8-6-7-16(2)17(20)3/h6-12,19H,13-14H2,1-5H3,(H,22,24)/t19-/m1/s1. The summed E-state index contributed by atoms with van der Waals surface area (Å²) in [6.07, 6.45) is 0. The maximum absolute atomic E-state index is 12.2. The molecular formula is C21H28N2O2. The molecule has 2 aromatic carbocycles. The Bertz CT molecular complexity index is 708. The number of amides is 1. The van der Waals surface area contributed by atoms with E-state index in [0.29, 0.717) is 6.54 Å². The first-order valence-corrected chi connectivity index (χ1v) is 8.57. The molecule has 0 aliphatic carbocycles. The van der Waals surface area contributed by atoms with Crippen LogP contribution in [0.15, 0.2) is 42.5 Å². The number of hydrogen-bond acceptors (Lipinski definition) is 3. The van der Waals surface area contributed by atoms with Gasteiger partial charge in [0.1, 0.15) is 5.75 Å². The van der Waals surface area contributed by atoms with Gasteiger partial charge in [0.05, 0.1) is 6.04 Å². The SMILES string of the molecule is Cc1ccc([C@@H](CNC(=O)COc2cccc(C)c2C)N(C)C)cc1. The number of aryl methyl sites for hydroxylation is 2. The molecule has 25 heavy (non-hydrogen) atoms. The predicted octanol–water partition coefficient (Wildman–Crippen LogP) is 3.41. The molecule has 0 fully saturated rings. The van der Waals surface area contributed by atoms with Crippen LogP contribution < -0.4 is 10.1 Å². The fourth-order valence-corrected chi connectivity index (χ4v) is 2.67. The minimum Gasteiger partial charge on any atom is -0.483 e. The van der Waals surface area contributed by atoms with Gasteiger partial charge in [-0.3, -0.25) is 4.79 Å². The Kier molecular flexibility index (Phi) is 6.59. The third kappa shape index (κ3) is 5.33. The normalized spacial score (nSPS) is 12.1. The molecule has 4 nitrogen and oxygen atoms in total. The van der Waals surface area contributed by atoms with E-state index < -0.39 is 0 Å². The Balaban J connectivity index is 1.90. The van der Waals surface area contributed by atoms with Gasteiger partial charge in [0.25, 0.3) is 5.91 Å². The van der Waals surface area contributed by atoms with Crippen molar-refractivity contribution in [1.29, 1.82) is 0 Å². The highest BCUT2D eigenvalue weighted by Crippen LogP contribution is 2.20. The van der Waals surface area contributed by atoms with Gasteiger partial charge >= 0.3 is 0 Å². The zero-order valence-electron chi connectivity index (χ0n) is 15.8. The van der Waals surface area contributed by atoms with Crippen LogP contribution >= 0.6 is 0 Å². The first-order chi connectivity index (χ1) is 11.9. The molecule has 0 aliphatic rings. The average molecular weight is 340 g/mol. The second kappa shape index (κ2) is 8.67. The third-order valence-corrected chi connectivity index (χ3v) is 4.49. The summed E-state index contributed by atoms with van der Waals surface area (Å²) >= 11 is 0. The molecule has 2 rings (SSSR count). The molecule has 0 heterocycles. The number of nitrogens with zero attached hydrogens (tertiary/aromatic N) is 1. The maximum atomic E-state index is 12.2. The highest BCUT2D eigenvalue weighted by atomic mass is 16.5. The number of rotatable bonds is 7. The minimum absolute atomic E-state index is 0.0261. The fourth-order valence-electron chi connectivity index (χ4n) is 2.67. The van der Waals surface area contributed by atoms with Crippen molar-refractivity contribution in [2.24, 2.45) is 0 Å². The third-order valence-electron chi connectivity index (χ3n) is 4.49. The molecule has 0 bridgehead atoms. The van der Waals surface area contributed by atoms with Crippen molar-refractivity contribution in [3.63, 3.8) is 0 Å². The van der Waals surface area contributed by atoms with Gasteiger partial charge in [-0.15, -0.1) is 0 Å². The second-order valence-electron chi connectivity index (χ2n) is 6.68. The summed E-state index contributed by atoms with van der Waals surface area (Å²) in [5.41, 5.74) is 4.64. The smallest absolute Gasteiger partial charge is 0.258 e. The molecule has 1 amide bonds. The van der Waals surface area contributed by atoms with E-state index in [9.17, 15) is 4.79 Å². The molecule has 4 heteroatoms. The molecule has 0 saturated heterocycles. The predicted molar refractivity (Wildman–Crippen MR) is 102 cm³/mol. The van der Waals surface area contributed by atoms with Gasteiger partial charge in [-0.25, -0.2) is 0 Å². The molecule has 0 spiro atoms. The Morgan fingerprint density at radius 3 is 2.40 bits per heavy atom. The van der Waals surface area contributed by atoms with Crippen molar-refractivity contribution in [3.05, 3.63) is 64.7 Å².